The highest BCUT2D eigenvalue weighted by atomic mass is 16.4. The van der Waals surface area contributed by atoms with Crippen LogP contribution >= 0.6 is 0 Å². The second-order valence-electron chi connectivity index (χ2n) is 6.68. The van der Waals surface area contributed by atoms with Gasteiger partial charge in [0, 0.05) is 6.54 Å². The van der Waals surface area contributed by atoms with Gasteiger partial charge in [-0.3, -0.25) is 9.59 Å². The first-order valence-corrected chi connectivity index (χ1v) is 7.26. The average molecular weight is 291 g/mol. The van der Waals surface area contributed by atoms with Gasteiger partial charge >= 0.3 is 5.97 Å². The summed E-state index contributed by atoms with van der Waals surface area (Å²) < 4.78 is 0. The van der Waals surface area contributed by atoms with Gasteiger partial charge in [-0.25, -0.2) is 0 Å². The van der Waals surface area contributed by atoms with E-state index in [2.05, 4.69) is 5.32 Å². The van der Waals surface area contributed by atoms with Gasteiger partial charge in [-0.2, -0.15) is 0 Å². The van der Waals surface area contributed by atoms with Crippen LogP contribution < -0.4 is 5.32 Å². The van der Waals surface area contributed by atoms with Gasteiger partial charge in [0.05, 0.1) is 11.8 Å². The van der Waals surface area contributed by atoms with Crippen LogP contribution in [-0.2, 0) is 9.59 Å². The molecular formula is C17H25NO3. The molecule has 4 nitrogen and oxygen atoms in total. The lowest BCUT2D eigenvalue weighted by Gasteiger charge is -2.24. The Morgan fingerprint density at radius 3 is 2.24 bits per heavy atom. The third-order valence-electron chi connectivity index (χ3n) is 3.42. The minimum atomic E-state index is -0.863. The zero-order chi connectivity index (χ0) is 16.0. The predicted octanol–water partition coefficient (Wildman–Crippen LogP) is 3.04. The van der Waals surface area contributed by atoms with Crippen LogP contribution in [0.5, 0.6) is 0 Å². The Balaban J connectivity index is 2.59. The van der Waals surface area contributed by atoms with Crippen molar-refractivity contribution >= 4 is 11.9 Å². The molecule has 0 radical (unpaired) electrons. The van der Waals surface area contributed by atoms with Gasteiger partial charge in [-0.05, 0) is 24.3 Å². The van der Waals surface area contributed by atoms with E-state index in [-0.39, 0.29) is 23.8 Å². The summed E-state index contributed by atoms with van der Waals surface area (Å²) in [6.45, 7) is 7.98. The summed E-state index contributed by atoms with van der Waals surface area (Å²) in [6, 6.07) is 9.47. The van der Waals surface area contributed by atoms with Gasteiger partial charge in [0.15, 0.2) is 0 Å². The first-order valence-electron chi connectivity index (χ1n) is 7.26. The van der Waals surface area contributed by atoms with Gasteiger partial charge in [0.25, 0.3) is 0 Å². The van der Waals surface area contributed by atoms with Crippen LogP contribution in [0.15, 0.2) is 30.3 Å². The van der Waals surface area contributed by atoms with E-state index in [1.165, 1.54) is 0 Å². The lowest BCUT2D eigenvalue weighted by molar-refractivity contribution is -0.142. The lowest BCUT2D eigenvalue weighted by Crippen LogP contribution is -2.36. The lowest BCUT2D eigenvalue weighted by atomic mass is 9.84. The number of hydrogen-bond acceptors (Lipinski definition) is 2. The minimum Gasteiger partial charge on any atom is -0.481 e. The molecule has 0 fully saturated rings. The Morgan fingerprint density at radius 1 is 1.19 bits per heavy atom. The number of benzene rings is 1. The number of carbonyl (C=O) groups excluding carboxylic acids is 1. The van der Waals surface area contributed by atoms with Crippen LogP contribution in [-0.4, -0.2) is 23.5 Å². The second-order valence-corrected chi connectivity index (χ2v) is 6.68. The third-order valence-corrected chi connectivity index (χ3v) is 3.42. The summed E-state index contributed by atoms with van der Waals surface area (Å²) in [5, 5.41) is 12.0. The number of carbonyl (C=O) groups is 2. The molecule has 1 rings (SSSR count). The molecule has 0 saturated carbocycles. The van der Waals surface area contributed by atoms with Gasteiger partial charge in [-0.15, -0.1) is 0 Å². The van der Waals surface area contributed by atoms with E-state index in [1.54, 1.807) is 0 Å². The Bertz CT molecular complexity index is 477. The molecule has 0 heterocycles. The van der Waals surface area contributed by atoms with Gasteiger partial charge < -0.3 is 10.4 Å². The Labute approximate surface area is 126 Å². The molecule has 0 aliphatic rings. The van der Waals surface area contributed by atoms with Crippen molar-refractivity contribution in [3.63, 3.8) is 0 Å². The molecule has 1 aromatic carbocycles. The SMILES string of the molecule is CC(C(=O)NCC(CC(C)(C)C)C(=O)O)c1ccccc1. The standard InChI is InChI=1S/C17H25NO3/c1-12(13-8-6-5-7-9-13)15(19)18-11-14(16(20)21)10-17(2,3)4/h5-9,12,14H,10-11H2,1-4H3,(H,18,19)(H,20,21). The highest BCUT2D eigenvalue weighted by Crippen LogP contribution is 2.24. The Kier molecular flexibility index (Phi) is 5.94. The monoisotopic (exact) mass is 291 g/mol. The van der Waals surface area contributed by atoms with Crippen LogP contribution in [0.25, 0.3) is 0 Å². The van der Waals surface area contributed by atoms with Crippen molar-refractivity contribution in [3.05, 3.63) is 35.9 Å². The van der Waals surface area contributed by atoms with Crippen LogP contribution in [0.1, 0.15) is 45.6 Å². The van der Waals surface area contributed by atoms with E-state index in [1.807, 2.05) is 58.0 Å². The van der Waals surface area contributed by atoms with E-state index in [9.17, 15) is 14.7 Å². The fourth-order valence-electron chi connectivity index (χ4n) is 2.26. The predicted molar refractivity (Wildman–Crippen MR) is 83.1 cm³/mol. The zero-order valence-corrected chi connectivity index (χ0v) is 13.2. The fourth-order valence-corrected chi connectivity index (χ4v) is 2.26. The van der Waals surface area contributed by atoms with Crippen LogP contribution in [0.3, 0.4) is 0 Å². The Hall–Kier alpha value is -1.84. The molecule has 21 heavy (non-hydrogen) atoms. The zero-order valence-electron chi connectivity index (χ0n) is 13.2. The van der Waals surface area contributed by atoms with Crippen LogP contribution in [0.4, 0.5) is 0 Å². The molecule has 1 amide bonds. The molecule has 2 atom stereocenters. The molecule has 2 N–H and O–H groups in total. The van der Waals surface area contributed by atoms with E-state index in [0.29, 0.717) is 6.42 Å². The number of amides is 1. The molecule has 0 aliphatic heterocycles. The van der Waals surface area contributed by atoms with Crippen molar-refractivity contribution < 1.29 is 14.7 Å². The molecule has 0 aliphatic carbocycles. The van der Waals surface area contributed by atoms with Crippen molar-refractivity contribution in [2.24, 2.45) is 11.3 Å². The molecule has 2 unspecified atom stereocenters. The first kappa shape index (κ1) is 17.2. The molecular weight excluding hydrogens is 266 g/mol. The number of nitrogens with one attached hydrogen (secondary N) is 1. The molecule has 0 bridgehead atoms. The fraction of sp³-hybridized carbons (Fsp3) is 0.529. The van der Waals surface area contributed by atoms with Gasteiger partial charge in [-0.1, -0.05) is 51.1 Å². The quantitative estimate of drug-likeness (QED) is 0.846. The van der Waals surface area contributed by atoms with Gasteiger partial charge in [0.2, 0.25) is 5.91 Å². The number of rotatable bonds is 6. The molecule has 0 spiro atoms. The van der Waals surface area contributed by atoms with Crippen LogP contribution in [0, 0.1) is 11.3 Å². The highest BCUT2D eigenvalue weighted by molar-refractivity contribution is 5.83. The largest absolute Gasteiger partial charge is 0.481 e. The first-order chi connectivity index (χ1) is 9.70. The highest BCUT2D eigenvalue weighted by Gasteiger charge is 2.25. The normalized spacial score (nSPS) is 14.3. The summed E-state index contributed by atoms with van der Waals surface area (Å²) >= 11 is 0. The van der Waals surface area contributed by atoms with Gasteiger partial charge in [0.1, 0.15) is 0 Å². The molecule has 1 aromatic rings. The van der Waals surface area contributed by atoms with E-state index < -0.39 is 11.9 Å². The third kappa shape index (κ3) is 5.98. The minimum absolute atomic E-state index is 0.0845. The second kappa shape index (κ2) is 7.25. The maximum absolute atomic E-state index is 12.1. The average Bonchev–Trinajstić information content (AvgIpc) is 2.41. The summed E-state index contributed by atoms with van der Waals surface area (Å²) in [5.74, 6) is -1.84. The smallest absolute Gasteiger partial charge is 0.308 e. The molecule has 4 heteroatoms. The van der Waals surface area contributed by atoms with Crippen molar-refractivity contribution in [2.45, 2.75) is 40.0 Å². The summed E-state index contributed by atoms with van der Waals surface area (Å²) in [6.07, 6.45) is 0.530. The number of aliphatic carboxylic acids is 1. The summed E-state index contributed by atoms with van der Waals surface area (Å²) in [7, 11) is 0. The van der Waals surface area contributed by atoms with Crippen LogP contribution in [0.2, 0.25) is 0 Å². The van der Waals surface area contributed by atoms with E-state index in [4.69, 9.17) is 0 Å². The summed E-state index contributed by atoms with van der Waals surface area (Å²) in [5.41, 5.74) is 0.844. The van der Waals surface area contributed by atoms with Crippen molar-refractivity contribution in [2.75, 3.05) is 6.54 Å². The molecule has 116 valence electrons. The maximum atomic E-state index is 12.1. The number of hydrogen-bond donors (Lipinski definition) is 2. The van der Waals surface area contributed by atoms with Crippen molar-refractivity contribution in [3.8, 4) is 0 Å². The van der Waals surface area contributed by atoms with E-state index in [0.717, 1.165) is 5.56 Å². The van der Waals surface area contributed by atoms with E-state index >= 15 is 0 Å². The summed E-state index contributed by atoms with van der Waals surface area (Å²) in [4.78, 5) is 23.4. The van der Waals surface area contributed by atoms with Crippen molar-refractivity contribution in [1.29, 1.82) is 0 Å². The molecule has 0 saturated heterocycles. The van der Waals surface area contributed by atoms with Crippen molar-refractivity contribution in [1.82, 2.24) is 5.32 Å². The number of carboxylic acid groups (broad SMARTS) is 1. The topological polar surface area (TPSA) is 66.4 Å². The number of carboxylic acids is 1. The maximum Gasteiger partial charge on any atom is 0.308 e. The Morgan fingerprint density at radius 2 is 1.76 bits per heavy atom. The molecule has 0 aromatic heterocycles.